The second-order valence-electron chi connectivity index (χ2n) is 5.39. The Hall–Kier alpha value is -2.28. The molecule has 1 rings (SSSR count). The highest BCUT2D eigenvalue weighted by molar-refractivity contribution is 5.95. The molecule has 0 atom stereocenters. The van der Waals surface area contributed by atoms with E-state index >= 15 is 0 Å². The average Bonchev–Trinajstić information content (AvgIpc) is 2.62. The van der Waals surface area contributed by atoms with E-state index in [-0.39, 0.29) is 12.5 Å². The predicted octanol–water partition coefficient (Wildman–Crippen LogP) is 2.01. The Kier molecular flexibility index (Phi) is 10.8. The van der Waals surface area contributed by atoms with Crippen LogP contribution in [0.25, 0.3) is 0 Å². The van der Waals surface area contributed by atoms with E-state index in [9.17, 15) is 4.79 Å². The smallest absolute Gasteiger partial charge is 0.241 e. The summed E-state index contributed by atoms with van der Waals surface area (Å²) in [5.41, 5.74) is 0.845. The molecule has 0 heterocycles. The lowest BCUT2D eigenvalue weighted by atomic mass is 10.3. The number of hydrogen-bond acceptors (Lipinski definition) is 4. The molecule has 0 aliphatic carbocycles. The molecule has 7 nitrogen and oxygen atoms in total. The first kappa shape index (κ1) is 20.8. The van der Waals surface area contributed by atoms with Crippen molar-refractivity contribution in [2.24, 2.45) is 4.99 Å². The summed E-state index contributed by atoms with van der Waals surface area (Å²) >= 11 is 0. The summed E-state index contributed by atoms with van der Waals surface area (Å²) in [7, 11) is 1.68. The molecule has 0 saturated carbocycles. The van der Waals surface area contributed by atoms with Crippen molar-refractivity contribution < 1.29 is 14.3 Å². The SMILES string of the molecule is CCCNC(=O)CN=C(NCC)Nc1cccc(OCCCOC)c1. The van der Waals surface area contributed by atoms with Crippen LogP contribution >= 0.6 is 0 Å². The molecular weight excluding hydrogens is 320 g/mol. The van der Waals surface area contributed by atoms with Crippen molar-refractivity contribution in [3.05, 3.63) is 24.3 Å². The Balaban J connectivity index is 2.60. The number of nitrogens with zero attached hydrogens (tertiary/aromatic N) is 1. The molecule has 3 N–H and O–H groups in total. The molecule has 0 unspecified atom stereocenters. The first-order chi connectivity index (χ1) is 12.2. The van der Waals surface area contributed by atoms with Crippen LogP contribution in [-0.4, -0.2) is 51.8 Å². The van der Waals surface area contributed by atoms with Gasteiger partial charge < -0.3 is 25.4 Å². The highest BCUT2D eigenvalue weighted by atomic mass is 16.5. The topological polar surface area (TPSA) is 84.0 Å². The fourth-order valence-corrected chi connectivity index (χ4v) is 1.97. The van der Waals surface area contributed by atoms with Crippen molar-refractivity contribution in [2.75, 3.05) is 45.3 Å². The van der Waals surface area contributed by atoms with E-state index in [1.165, 1.54) is 0 Å². The molecule has 1 amide bonds. The second kappa shape index (κ2) is 13.1. The van der Waals surface area contributed by atoms with Crippen molar-refractivity contribution >= 4 is 17.6 Å². The van der Waals surface area contributed by atoms with Gasteiger partial charge in [-0.3, -0.25) is 4.79 Å². The second-order valence-corrected chi connectivity index (χ2v) is 5.39. The Bertz CT molecular complexity index is 535. The molecule has 1 aromatic carbocycles. The van der Waals surface area contributed by atoms with Crippen LogP contribution < -0.4 is 20.7 Å². The number of carbonyl (C=O) groups excluding carboxylic acids is 1. The number of hydrogen-bond donors (Lipinski definition) is 3. The third-order valence-electron chi connectivity index (χ3n) is 3.16. The summed E-state index contributed by atoms with van der Waals surface area (Å²) in [6.07, 6.45) is 1.75. The molecular formula is C18H30N4O3. The summed E-state index contributed by atoms with van der Waals surface area (Å²) < 4.78 is 10.7. The van der Waals surface area contributed by atoms with Gasteiger partial charge in [0.2, 0.25) is 5.91 Å². The molecule has 0 fully saturated rings. The third kappa shape index (κ3) is 9.56. The number of methoxy groups -OCH3 is 1. The number of ether oxygens (including phenoxy) is 2. The standard InChI is InChI=1S/C18H30N4O3/c1-4-10-20-17(23)14-21-18(19-5-2)22-15-8-6-9-16(13-15)25-12-7-11-24-3/h6,8-9,13H,4-5,7,10-12,14H2,1-3H3,(H,20,23)(H2,19,21,22). The Morgan fingerprint density at radius 3 is 2.76 bits per heavy atom. The molecule has 0 aliphatic heterocycles. The van der Waals surface area contributed by atoms with Crippen molar-refractivity contribution in [2.45, 2.75) is 26.7 Å². The molecule has 0 bridgehead atoms. The summed E-state index contributed by atoms with van der Waals surface area (Å²) in [6.45, 7) is 6.72. The third-order valence-corrected chi connectivity index (χ3v) is 3.16. The monoisotopic (exact) mass is 350 g/mol. The van der Waals surface area contributed by atoms with Crippen LogP contribution in [0.2, 0.25) is 0 Å². The van der Waals surface area contributed by atoms with Crippen LogP contribution in [0.5, 0.6) is 5.75 Å². The zero-order valence-electron chi connectivity index (χ0n) is 15.4. The van der Waals surface area contributed by atoms with Gasteiger partial charge in [-0.15, -0.1) is 0 Å². The van der Waals surface area contributed by atoms with Crippen LogP contribution in [0.4, 0.5) is 5.69 Å². The first-order valence-electron chi connectivity index (χ1n) is 8.73. The van der Waals surface area contributed by atoms with Gasteiger partial charge in [0, 0.05) is 45.0 Å². The van der Waals surface area contributed by atoms with Crippen molar-refractivity contribution in [3.8, 4) is 5.75 Å². The molecule has 0 aromatic heterocycles. The van der Waals surface area contributed by atoms with E-state index < -0.39 is 0 Å². The maximum atomic E-state index is 11.7. The number of carbonyl (C=O) groups is 1. The maximum absolute atomic E-state index is 11.7. The van der Waals surface area contributed by atoms with Crippen LogP contribution in [0.1, 0.15) is 26.7 Å². The van der Waals surface area contributed by atoms with Gasteiger partial charge >= 0.3 is 0 Å². The van der Waals surface area contributed by atoms with E-state index in [1.807, 2.05) is 38.1 Å². The molecule has 7 heteroatoms. The number of rotatable bonds is 11. The van der Waals surface area contributed by atoms with Crippen molar-refractivity contribution in [1.82, 2.24) is 10.6 Å². The lowest BCUT2D eigenvalue weighted by molar-refractivity contribution is -0.119. The van der Waals surface area contributed by atoms with E-state index in [1.54, 1.807) is 7.11 Å². The number of aliphatic imine (C=N–C) groups is 1. The summed E-state index contributed by atoms with van der Waals surface area (Å²) in [4.78, 5) is 16.0. The van der Waals surface area contributed by atoms with E-state index in [0.29, 0.717) is 32.3 Å². The summed E-state index contributed by atoms with van der Waals surface area (Å²) in [5, 5.41) is 9.12. The molecule has 25 heavy (non-hydrogen) atoms. The van der Waals surface area contributed by atoms with Crippen LogP contribution in [0, 0.1) is 0 Å². The minimum atomic E-state index is -0.0886. The first-order valence-corrected chi connectivity index (χ1v) is 8.73. The average molecular weight is 350 g/mol. The van der Waals surface area contributed by atoms with E-state index in [4.69, 9.17) is 9.47 Å². The van der Waals surface area contributed by atoms with Gasteiger partial charge in [0.05, 0.1) is 6.61 Å². The van der Waals surface area contributed by atoms with Gasteiger partial charge in [0.15, 0.2) is 5.96 Å². The van der Waals surface area contributed by atoms with Crippen LogP contribution in [-0.2, 0) is 9.53 Å². The van der Waals surface area contributed by atoms with E-state index in [2.05, 4.69) is 20.9 Å². The zero-order valence-corrected chi connectivity index (χ0v) is 15.4. The minimum Gasteiger partial charge on any atom is -0.493 e. The highest BCUT2D eigenvalue weighted by Gasteiger charge is 2.03. The molecule has 0 spiro atoms. The van der Waals surface area contributed by atoms with E-state index in [0.717, 1.165) is 24.3 Å². The maximum Gasteiger partial charge on any atom is 0.241 e. The van der Waals surface area contributed by atoms with Gasteiger partial charge in [-0.25, -0.2) is 4.99 Å². The number of nitrogens with one attached hydrogen (secondary N) is 3. The lowest BCUT2D eigenvalue weighted by Gasteiger charge is -2.13. The number of anilines is 1. The molecule has 1 aromatic rings. The zero-order chi connectivity index (χ0) is 18.3. The lowest BCUT2D eigenvalue weighted by Crippen LogP contribution is -2.33. The highest BCUT2D eigenvalue weighted by Crippen LogP contribution is 2.17. The predicted molar refractivity (Wildman–Crippen MR) is 101 cm³/mol. The Morgan fingerprint density at radius 2 is 2.04 bits per heavy atom. The molecule has 0 radical (unpaired) electrons. The van der Waals surface area contributed by atoms with Gasteiger partial charge in [-0.05, 0) is 25.5 Å². The van der Waals surface area contributed by atoms with Crippen LogP contribution in [0.15, 0.2) is 29.3 Å². The number of guanidine groups is 1. The Morgan fingerprint density at radius 1 is 1.20 bits per heavy atom. The molecule has 0 saturated heterocycles. The summed E-state index contributed by atoms with van der Waals surface area (Å²) in [6, 6.07) is 7.63. The minimum absolute atomic E-state index is 0.0859. The van der Waals surface area contributed by atoms with Gasteiger partial charge in [-0.1, -0.05) is 13.0 Å². The van der Waals surface area contributed by atoms with Crippen LogP contribution in [0.3, 0.4) is 0 Å². The van der Waals surface area contributed by atoms with Crippen molar-refractivity contribution in [3.63, 3.8) is 0 Å². The number of amides is 1. The quantitative estimate of drug-likeness (QED) is 0.323. The fourth-order valence-electron chi connectivity index (χ4n) is 1.97. The van der Waals surface area contributed by atoms with Gasteiger partial charge in [0.25, 0.3) is 0 Å². The van der Waals surface area contributed by atoms with Gasteiger partial charge in [-0.2, -0.15) is 0 Å². The molecule has 0 aliphatic rings. The largest absolute Gasteiger partial charge is 0.493 e. The molecule has 140 valence electrons. The normalized spacial score (nSPS) is 11.1. The number of benzene rings is 1. The van der Waals surface area contributed by atoms with Gasteiger partial charge in [0.1, 0.15) is 12.3 Å². The fraction of sp³-hybridized carbons (Fsp3) is 0.556. The Labute approximate surface area is 150 Å². The van der Waals surface area contributed by atoms with Crippen molar-refractivity contribution in [1.29, 1.82) is 0 Å². The summed E-state index contributed by atoms with van der Waals surface area (Å²) in [5.74, 6) is 1.25.